The lowest BCUT2D eigenvalue weighted by molar-refractivity contribution is -0.177. The lowest BCUT2D eigenvalue weighted by Crippen LogP contribution is -2.55. The molecule has 0 saturated carbocycles. The third-order valence-corrected chi connectivity index (χ3v) is 4.76. The number of carbonyl (C=O) groups is 2. The molecule has 9 heteroatoms. The van der Waals surface area contributed by atoms with Gasteiger partial charge in [-0.15, -0.1) is 0 Å². The van der Waals surface area contributed by atoms with Gasteiger partial charge in [0.2, 0.25) is 0 Å². The molecule has 0 aromatic heterocycles. The Morgan fingerprint density at radius 2 is 1.88 bits per heavy atom. The first-order chi connectivity index (χ1) is 11.9. The van der Waals surface area contributed by atoms with Crippen molar-refractivity contribution in [1.82, 2.24) is 0 Å². The molecule has 1 aliphatic heterocycles. The quantitative estimate of drug-likeness (QED) is 0.753. The zero-order chi connectivity index (χ0) is 19.7. The van der Waals surface area contributed by atoms with Crippen LogP contribution >= 0.6 is 0 Å². The van der Waals surface area contributed by atoms with Gasteiger partial charge in [-0.25, -0.2) is 13.2 Å². The minimum absolute atomic E-state index is 0.115. The minimum Gasteiger partial charge on any atom is -0.458 e. The maximum Gasteiger partial charge on any atom is 0.338 e. The molecule has 1 aromatic rings. The van der Waals surface area contributed by atoms with Crippen LogP contribution in [0.25, 0.3) is 0 Å². The first kappa shape index (κ1) is 20.3. The molecule has 0 unspecified atom stereocenters. The summed E-state index contributed by atoms with van der Waals surface area (Å²) in [5.41, 5.74) is -0.358. The Morgan fingerprint density at radius 3 is 2.38 bits per heavy atom. The number of sulfone groups is 1. The molecular weight excluding hydrogens is 362 g/mol. The van der Waals surface area contributed by atoms with E-state index < -0.39 is 39.5 Å². The second-order valence-corrected chi connectivity index (χ2v) is 9.04. The average molecular weight is 385 g/mol. The number of aliphatic hydroxyl groups excluding tert-OH is 1. The number of morpholine rings is 1. The van der Waals surface area contributed by atoms with Gasteiger partial charge in [0.15, 0.2) is 22.0 Å². The normalized spacial score (nSPS) is 20.0. The van der Waals surface area contributed by atoms with Gasteiger partial charge in [0.1, 0.15) is 5.60 Å². The lowest BCUT2D eigenvalue weighted by atomic mass is 10.1. The summed E-state index contributed by atoms with van der Waals surface area (Å²) in [5, 5.41) is 10.2. The van der Waals surface area contributed by atoms with Crippen LogP contribution in [0.3, 0.4) is 0 Å². The van der Waals surface area contributed by atoms with Gasteiger partial charge in [0.25, 0.3) is 5.91 Å². The van der Waals surface area contributed by atoms with Crippen molar-refractivity contribution in [2.75, 3.05) is 24.3 Å². The van der Waals surface area contributed by atoms with Crippen molar-refractivity contribution in [3.63, 3.8) is 0 Å². The number of aliphatic hydroxyl groups is 1. The Kier molecular flexibility index (Phi) is 5.74. The van der Waals surface area contributed by atoms with Crippen LogP contribution in [0.15, 0.2) is 29.2 Å². The molecule has 0 aliphatic carbocycles. The molecule has 0 radical (unpaired) electrons. The smallest absolute Gasteiger partial charge is 0.338 e. The second kappa shape index (κ2) is 7.34. The van der Waals surface area contributed by atoms with Crippen molar-refractivity contribution in [2.24, 2.45) is 0 Å². The zero-order valence-electron chi connectivity index (χ0n) is 15.1. The maximum atomic E-state index is 12.6. The van der Waals surface area contributed by atoms with Crippen molar-refractivity contribution in [3.05, 3.63) is 24.3 Å². The summed E-state index contributed by atoms with van der Waals surface area (Å²) >= 11 is 0. The van der Waals surface area contributed by atoms with Crippen molar-refractivity contribution < 1.29 is 32.6 Å². The van der Waals surface area contributed by atoms with E-state index in [2.05, 4.69) is 0 Å². The van der Waals surface area contributed by atoms with E-state index in [4.69, 9.17) is 9.47 Å². The summed E-state index contributed by atoms with van der Waals surface area (Å²) in [7, 11) is -3.35. The monoisotopic (exact) mass is 385 g/mol. The van der Waals surface area contributed by atoms with Gasteiger partial charge < -0.3 is 19.5 Å². The Hall–Kier alpha value is -1.97. The van der Waals surface area contributed by atoms with E-state index in [1.165, 1.54) is 29.2 Å². The predicted molar refractivity (Wildman–Crippen MR) is 93.5 cm³/mol. The van der Waals surface area contributed by atoms with Crippen LogP contribution in [0, 0.1) is 0 Å². The van der Waals surface area contributed by atoms with Crippen LogP contribution in [0.4, 0.5) is 5.69 Å². The largest absolute Gasteiger partial charge is 0.458 e. The van der Waals surface area contributed by atoms with Gasteiger partial charge in [0, 0.05) is 18.5 Å². The van der Waals surface area contributed by atoms with Crippen LogP contribution < -0.4 is 4.90 Å². The predicted octanol–water partition coefficient (Wildman–Crippen LogP) is 0.524. The fourth-order valence-electron chi connectivity index (χ4n) is 2.45. The SMILES string of the molecule is CC(C)(C)OC(=O)[C@H](O)[C@H]1OCCN(c2ccc(S(C)(=O)=O)cc2)C1=O. The number of anilines is 1. The minimum atomic E-state index is -3.35. The number of ether oxygens (including phenoxy) is 2. The number of benzene rings is 1. The highest BCUT2D eigenvalue weighted by Gasteiger charge is 2.41. The van der Waals surface area contributed by atoms with Crippen LogP contribution in [0.5, 0.6) is 0 Å². The number of nitrogens with zero attached hydrogens (tertiary/aromatic N) is 1. The van der Waals surface area contributed by atoms with E-state index in [9.17, 15) is 23.1 Å². The molecule has 0 bridgehead atoms. The fraction of sp³-hybridized carbons (Fsp3) is 0.529. The van der Waals surface area contributed by atoms with Crippen LogP contribution in [-0.2, 0) is 28.9 Å². The molecule has 1 amide bonds. The van der Waals surface area contributed by atoms with Gasteiger partial charge >= 0.3 is 5.97 Å². The molecule has 1 aliphatic rings. The maximum absolute atomic E-state index is 12.6. The third-order valence-electron chi connectivity index (χ3n) is 3.63. The number of esters is 1. The van der Waals surface area contributed by atoms with Gasteiger partial charge in [-0.2, -0.15) is 0 Å². The van der Waals surface area contributed by atoms with Gasteiger partial charge in [-0.1, -0.05) is 0 Å². The molecule has 1 heterocycles. The molecule has 144 valence electrons. The molecule has 1 N–H and O–H groups in total. The first-order valence-electron chi connectivity index (χ1n) is 8.04. The molecule has 0 spiro atoms. The van der Waals surface area contributed by atoms with Crippen LogP contribution in [0.2, 0.25) is 0 Å². The topological polar surface area (TPSA) is 110 Å². The summed E-state index contributed by atoms with van der Waals surface area (Å²) in [4.78, 5) is 26.1. The summed E-state index contributed by atoms with van der Waals surface area (Å²) < 4.78 is 33.4. The molecule has 1 aromatic carbocycles. The van der Waals surface area contributed by atoms with E-state index >= 15 is 0 Å². The van der Waals surface area contributed by atoms with E-state index in [0.29, 0.717) is 5.69 Å². The molecule has 2 rings (SSSR count). The van der Waals surface area contributed by atoms with E-state index in [0.717, 1.165) is 6.26 Å². The summed E-state index contributed by atoms with van der Waals surface area (Å²) in [6, 6.07) is 5.78. The number of hydrogen-bond donors (Lipinski definition) is 1. The van der Waals surface area contributed by atoms with Crippen LogP contribution in [-0.4, -0.2) is 62.6 Å². The first-order valence-corrected chi connectivity index (χ1v) is 9.93. The van der Waals surface area contributed by atoms with Crippen molar-refractivity contribution in [3.8, 4) is 0 Å². The second-order valence-electron chi connectivity index (χ2n) is 7.03. The highest BCUT2D eigenvalue weighted by Crippen LogP contribution is 2.23. The Labute approximate surface area is 152 Å². The van der Waals surface area contributed by atoms with Crippen molar-refractivity contribution in [1.29, 1.82) is 0 Å². The molecule has 26 heavy (non-hydrogen) atoms. The fourth-order valence-corrected chi connectivity index (χ4v) is 3.08. The van der Waals surface area contributed by atoms with Gasteiger partial charge in [-0.05, 0) is 45.0 Å². The number of carbonyl (C=O) groups excluding carboxylic acids is 2. The van der Waals surface area contributed by atoms with Gasteiger partial charge in [0.05, 0.1) is 11.5 Å². The Bertz CT molecular complexity index is 780. The van der Waals surface area contributed by atoms with E-state index in [-0.39, 0.29) is 18.0 Å². The zero-order valence-corrected chi connectivity index (χ0v) is 15.9. The number of amides is 1. The van der Waals surface area contributed by atoms with Crippen molar-refractivity contribution in [2.45, 2.75) is 43.5 Å². The van der Waals surface area contributed by atoms with Crippen molar-refractivity contribution >= 4 is 27.4 Å². The molecule has 2 atom stereocenters. The highest BCUT2D eigenvalue weighted by molar-refractivity contribution is 7.90. The standard InChI is InChI=1S/C17H23NO7S/c1-17(2,3)25-16(21)13(19)14-15(20)18(9-10-24-14)11-5-7-12(8-6-11)26(4,22)23/h5-8,13-14,19H,9-10H2,1-4H3/t13-,14-/m1/s1. The number of rotatable bonds is 4. The third kappa shape index (κ3) is 4.80. The average Bonchev–Trinajstić information content (AvgIpc) is 2.52. The molecular formula is C17H23NO7S. The highest BCUT2D eigenvalue weighted by atomic mass is 32.2. The Morgan fingerprint density at radius 1 is 1.31 bits per heavy atom. The lowest BCUT2D eigenvalue weighted by Gasteiger charge is -2.34. The molecule has 1 fully saturated rings. The molecule has 8 nitrogen and oxygen atoms in total. The summed E-state index contributed by atoms with van der Waals surface area (Å²) in [6.45, 7) is 5.28. The van der Waals surface area contributed by atoms with E-state index in [1.54, 1.807) is 20.8 Å². The summed E-state index contributed by atoms with van der Waals surface area (Å²) in [5.74, 6) is -1.54. The molecule has 1 saturated heterocycles. The summed E-state index contributed by atoms with van der Waals surface area (Å²) in [6.07, 6.45) is -2.04. The van der Waals surface area contributed by atoms with Gasteiger partial charge in [-0.3, -0.25) is 4.79 Å². The Balaban J connectivity index is 2.18. The number of hydrogen-bond acceptors (Lipinski definition) is 7. The van der Waals surface area contributed by atoms with E-state index in [1.807, 2.05) is 0 Å². The van der Waals surface area contributed by atoms with Crippen LogP contribution in [0.1, 0.15) is 20.8 Å².